The summed E-state index contributed by atoms with van der Waals surface area (Å²) < 4.78 is 1.73. The van der Waals surface area contributed by atoms with E-state index in [2.05, 4.69) is 10.1 Å². The van der Waals surface area contributed by atoms with Gasteiger partial charge in [-0.15, -0.1) is 0 Å². The Morgan fingerprint density at radius 2 is 1.94 bits per heavy atom. The molecule has 2 rings (SSSR count). The Bertz CT molecular complexity index is 464. The number of aliphatic hydroxyl groups excluding tert-OH is 1. The van der Waals surface area contributed by atoms with Crippen LogP contribution in [0.25, 0.3) is 0 Å². The molecule has 1 aromatic carbocycles. The smallest absolute Gasteiger partial charge is 0.147 e. The van der Waals surface area contributed by atoms with Gasteiger partial charge >= 0.3 is 0 Å². The lowest BCUT2D eigenvalue weighted by molar-refractivity contribution is 0.150. The maximum Gasteiger partial charge on any atom is 0.147 e. The van der Waals surface area contributed by atoms with Gasteiger partial charge < -0.3 is 5.11 Å². The average molecular weight is 217 g/mol. The van der Waals surface area contributed by atoms with E-state index in [1.165, 1.54) is 0 Å². The molecule has 1 heterocycles. The zero-order valence-corrected chi connectivity index (χ0v) is 9.46. The zero-order valence-electron chi connectivity index (χ0n) is 9.46. The molecule has 1 unspecified atom stereocenters. The molecule has 0 fully saturated rings. The summed E-state index contributed by atoms with van der Waals surface area (Å²) >= 11 is 0. The lowest BCUT2D eigenvalue weighted by Crippen LogP contribution is -2.11. The summed E-state index contributed by atoms with van der Waals surface area (Å²) in [6.07, 6.45) is -0.541. The van der Waals surface area contributed by atoms with Gasteiger partial charge in [-0.25, -0.2) is 9.67 Å². The topological polar surface area (TPSA) is 50.9 Å². The van der Waals surface area contributed by atoms with Crippen LogP contribution >= 0.6 is 0 Å². The van der Waals surface area contributed by atoms with E-state index in [1.807, 2.05) is 44.2 Å². The fourth-order valence-corrected chi connectivity index (χ4v) is 1.68. The molecule has 0 spiro atoms. The van der Waals surface area contributed by atoms with Crippen molar-refractivity contribution in [1.82, 2.24) is 14.8 Å². The third kappa shape index (κ3) is 2.28. The molecule has 0 radical (unpaired) electrons. The SMILES string of the molecule is Cc1nc(C)n(CC(O)c2ccccc2)n1. The van der Waals surface area contributed by atoms with Gasteiger partial charge in [0.2, 0.25) is 0 Å². The Balaban J connectivity index is 2.14. The van der Waals surface area contributed by atoms with E-state index in [9.17, 15) is 5.11 Å². The number of hydrogen-bond donors (Lipinski definition) is 1. The van der Waals surface area contributed by atoms with Crippen LogP contribution in [0.3, 0.4) is 0 Å². The third-order valence-corrected chi connectivity index (χ3v) is 2.49. The fraction of sp³-hybridized carbons (Fsp3) is 0.333. The summed E-state index contributed by atoms with van der Waals surface area (Å²) in [6.45, 7) is 4.17. The second kappa shape index (κ2) is 4.45. The highest BCUT2D eigenvalue weighted by atomic mass is 16.3. The second-order valence-corrected chi connectivity index (χ2v) is 3.81. The zero-order chi connectivity index (χ0) is 11.5. The van der Waals surface area contributed by atoms with Crippen molar-refractivity contribution in [2.75, 3.05) is 0 Å². The molecule has 2 aromatic rings. The second-order valence-electron chi connectivity index (χ2n) is 3.81. The van der Waals surface area contributed by atoms with E-state index in [-0.39, 0.29) is 0 Å². The van der Waals surface area contributed by atoms with Crippen LogP contribution in [0.15, 0.2) is 30.3 Å². The van der Waals surface area contributed by atoms with E-state index in [0.717, 1.165) is 17.2 Å². The highest BCUT2D eigenvalue weighted by Gasteiger charge is 2.10. The van der Waals surface area contributed by atoms with E-state index < -0.39 is 6.10 Å². The minimum Gasteiger partial charge on any atom is -0.386 e. The summed E-state index contributed by atoms with van der Waals surface area (Å²) in [7, 11) is 0. The normalized spacial score (nSPS) is 12.7. The van der Waals surface area contributed by atoms with Gasteiger partial charge in [0, 0.05) is 0 Å². The van der Waals surface area contributed by atoms with Gasteiger partial charge in [-0.3, -0.25) is 0 Å². The molecular weight excluding hydrogens is 202 g/mol. The van der Waals surface area contributed by atoms with Crippen molar-refractivity contribution in [2.45, 2.75) is 26.5 Å². The number of hydrogen-bond acceptors (Lipinski definition) is 3. The molecule has 1 aromatic heterocycles. The van der Waals surface area contributed by atoms with Crippen molar-refractivity contribution in [2.24, 2.45) is 0 Å². The lowest BCUT2D eigenvalue weighted by atomic mass is 10.1. The minimum atomic E-state index is -0.541. The van der Waals surface area contributed by atoms with Crippen LogP contribution in [0.4, 0.5) is 0 Å². The molecule has 16 heavy (non-hydrogen) atoms. The quantitative estimate of drug-likeness (QED) is 0.850. The number of aromatic nitrogens is 3. The van der Waals surface area contributed by atoms with Gasteiger partial charge in [-0.1, -0.05) is 30.3 Å². The Morgan fingerprint density at radius 3 is 2.50 bits per heavy atom. The first kappa shape index (κ1) is 10.8. The van der Waals surface area contributed by atoms with Gasteiger partial charge in [-0.2, -0.15) is 5.10 Å². The molecule has 1 atom stereocenters. The number of rotatable bonds is 3. The van der Waals surface area contributed by atoms with Gasteiger partial charge in [0.15, 0.2) is 0 Å². The first-order valence-electron chi connectivity index (χ1n) is 5.28. The van der Waals surface area contributed by atoms with E-state index >= 15 is 0 Å². The highest BCUT2D eigenvalue weighted by Crippen LogP contribution is 2.14. The van der Waals surface area contributed by atoms with Crippen molar-refractivity contribution in [3.63, 3.8) is 0 Å². The largest absolute Gasteiger partial charge is 0.386 e. The first-order valence-corrected chi connectivity index (χ1v) is 5.28. The Hall–Kier alpha value is -1.68. The molecule has 0 aliphatic carbocycles. The van der Waals surface area contributed by atoms with Crippen LogP contribution in [0.2, 0.25) is 0 Å². The van der Waals surface area contributed by atoms with Crippen molar-refractivity contribution >= 4 is 0 Å². The van der Waals surface area contributed by atoms with Crippen LogP contribution in [0, 0.1) is 13.8 Å². The van der Waals surface area contributed by atoms with Gasteiger partial charge in [0.25, 0.3) is 0 Å². The number of aryl methyl sites for hydroxylation is 2. The Morgan fingerprint density at radius 1 is 1.25 bits per heavy atom. The monoisotopic (exact) mass is 217 g/mol. The first-order chi connectivity index (χ1) is 7.66. The summed E-state index contributed by atoms with van der Waals surface area (Å²) in [6, 6.07) is 9.57. The van der Waals surface area contributed by atoms with Crippen LogP contribution in [-0.4, -0.2) is 19.9 Å². The fourth-order valence-electron chi connectivity index (χ4n) is 1.68. The summed E-state index contributed by atoms with van der Waals surface area (Å²) in [5, 5.41) is 14.2. The molecule has 1 N–H and O–H groups in total. The highest BCUT2D eigenvalue weighted by molar-refractivity contribution is 5.17. The predicted molar refractivity (Wildman–Crippen MR) is 60.9 cm³/mol. The molecule has 4 heteroatoms. The number of nitrogens with zero attached hydrogens (tertiary/aromatic N) is 3. The van der Waals surface area contributed by atoms with Crippen LogP contribution in [0.1, 0.15) is 23.3 Å². The number of aliphatic hydroxyl groups is 1. The van der Waals surface area contributed by atoms with Gasteiger partial charge in [-0.05, 0) is 19.4 Å². The average Bonchev–Trinajstić information content (AvgIpc) is 2.59. The Kier molecular flexibility index (Phi) is 3.01. The van der Waals surface area contributed by atoms with E-state index in [1.54, 1.807) is 4.68 Å². The maximum atomic E-state index is 10.0. The molecule has 0 saturated carbocycles. The van der Waals surface area contributed by atoms with Crippen LogP contribution < -0.4 is 0 Å². The van der Waals surface area contributed by atoms with Crippen molar-refractivity contribution in [1.29, 1.82) is 0 Å². The Labute approximate surface area is 94.6 Å². The van der Waals surface area contributed by atoms with Crippen molar-refractivity contribution in [3.05, 3.63) is 47.5 Å². The third-order valence-electron chi connectivity index (χ3n) is 2.49. The molecule has 84 valence electrons. The molecular formula is C12H15N3O. The van der Waals surface area contributed by atoms with Crippen LogP contribution in [-0.2, 0) is 6.54 Å². The standard InChI is InChI=1S/C12H15N3O/c1-9-13-10(2)15(14-9)8-12(16)11-6-4-3-5-7-11/h3-7,12,16H,8H2,1-2H3. The van der Waals surface area contributed by atoms with Crippen LogP contribution in [0.5, 0.6) is 0 Å². The molecule has 0 aliphatic rings. The summed E-state index contributed by atoms with van der Waals surface area (Å²) in [4.78, 5) is 4.20. The van der Waals surface area contributed by atoms with E-state index in [4.69, 9.17) is 0 Å². The molecule has 0 saturated heterocycles. The molecule has 0 aliphatic heterocycles. The predicted octanol–water partition coefficient (Wildman–Crippen LogP) is 1.63. The number of benzene rings is 1. The molecule has 0 bridgehead atoms. The molecule has 4 nitrogen and oxygen atoms in total. The minimum absolute atomic E-state index is 0.441. The van der Waals surface area contributed by atoms with Gasteiger partial charge in [0.1, 0.15) is 11.6 Å². The summed E-state index contributed by atoms with van der Waals surface area (Å²) in [5.41, 5.74) is 0.898. The van der Waals surface area contributed by atoms with Crippen molar-refractivity contribution in [3.8, 4) is 0 Å². The lowest BCUT2D eigenvalue weighted by Gasteiger charge is -2.11. The van der Waals surface area contributed by atoms with E-state index in [0.29, 0.717) is 6.54 Å². The molecule has 0 amide bonds. The van der Waals surface area contributed by atoms with Crippen molar-refractivity contribution < 1.29 is 5.11 Å². The maximum absolute atomic E-state index is 10.0. The summed E-state index contributed by atoms with van der Waals surface area (Å²) in [5.74, 6) is 1.56. The van der Waals surface area contributed by atoms with Gasteiger partial charge in [0.05, 0.1) is 12.6 Å².